The Morgan fingerprint density at radius 1 is 0.973 bits per heavy atom. The van der Waals surface area contributed by atoms with Gasteiger partial charge in [-0.15, -0.1) is 0 Å². The average Bonchev–Trinajstić information content (AvgIpc) is 2.87. The van der Waals surface area contributed by atoms with Gasteiger partial charge in [-0.3, -0.25) is 4.79 Å². The highest BCUT2D eigenvalue weighted by Gasteiger charge is 2.30. The Morgan fingerprint density at radius 3 is 2.41 bits per heavy atom. The molecule has 37 heavy (non-hydrogen) atoms. The fraction of sp³-hybridized carbons (Fsp3) is 0.370. The topological polar surface area (TPSA) is 86.0 Å². The van der Waals surface area contributed by atoms with E-state index in [1.54, 1.807) is 19.3 Å². The minimum absolute atomic E-state index is 0.109. The monoisotopic (exact) mass is 508 g/mol. The van der Waals surface area contributed by atoms with Crippen molar-refractivity contribution in [2.75, 3.05) is 18.0 Å². The van der Waals surface area contributed by atoms with Crippen molar-refractivity contribution in [1.29, 1.82) is 0 Å². The van der Waals surface area contributed by atoms with Gasteiger partial charge in [0.1, 0.15) is 28.9 Å². The van der Waals surface area contributed by atoms with Gasteiger partial charge >= 0.3 is 0 Å². The lowest BCUT2D eigenvalue weighted by Gasteiger charge is -2.37. The van der Waals surface area contributed by atoms with Crippen LogP contribution in [0.15, 0.2) is 41.3 Å². The zero-order valence-electron chi connectivity index (χ0n) is 21.8. The molecule has 4 heterocycles. The fourth-order valence-corrected chi connectivity index (χ4v) is 4.22. The van der Waals surface area contributed by atoms with Gasteiger partial charge in [-0.05, 0) is 44.5 Å². The van der Waals surface area contributed by atoms with E-state index in [0.29, 0.717) is 41.6 Å². The van der Waals surface area contributed by atoms with Crippen molar-refractivity contribution in [2.45, 2.75) is 46.8 Å². The number of aryl methyl sites for hydroxylation is 3. The summed E-state index contributed by atoms with van der Waals surface area (Å²) in [4.78, 5) is 32.3. The lowest BCUT2D eigenvalue weighted by molar-refractivity contribution is -0.0181. The lowest BCUT2D eigenvalue weighted by Crippen LogP contribution is -2.44. The summed E-state index contributed by atoms with van der Waals surface area (Å²) in [6.07, 6.45) is 1.25. The molecule has 0 bridgehead atoms. The minimum atomic E-state index is -0.741. The van der Waals surface area contributed by atoms with Crippen LogP contribution in [0.1, 0.15) is 43.8 Å². The SMILES string of the molecule is CC.Cc1nc2nc(N3CC(C)OC(c4ccc(=O)n(C)c4)C3)nc(-c3ccc(F)cc3F)c2nc1C. The molecule has 10 heteroatoms. The van der Waals surface area contributed by atoms with Gasteiger partial charge in [0.25, 0.3) is 0 Å². The molecule has 0 radical (unpaired) electrons. The Balaban J connectivity index is 0.00000156. The van der Waals surface area contributed by atoms with Crippen molar-refractivity contribution < 1.29 is 13.5 Å². The maximum Gasteiger partial charge on any atom is 0.250 e. The molecular weight excluding hydrogens is 478 g/mol. The molecule has 0 N–H and O–H groups in total. The number of hydrogen-bond donors (Lipinski definition) is 0. The number of pyridine rings is 1. The van der Waals surface area contributed by atoms with Crippen molar-refractivity contribution in [2.24, 2.45) is 7.05 Å². The van der Waals surface area contributed by atoms with Gasteiger partial charge in [0.15, 0.2) is 5.65 Å². The summed E-state index contributed by atoms with van der Waals surface area (Å²) in [6.45, 7) is 10.5. The number of fused-ring (bicyclic) bond motifs is 1. The standard InChI is InChI=1S/C25H24F2N6O2.C2H6/c1-13-10-33(12-20(35-13)16-5-8-21(34)32(4)11-16)25-30-22(18-7-6-17(26)9-19(18)27)23-24(31-25)29-15(3)14(2)28-23;1-2/h5-9,11,13,20H,10,12H2,1-4H3;1-2H3. The van der Waals surface area contributed by atoms with E-state index in [-0.39, 0.29) is 29.0 Å². The van der Waals surface area contributed by atoms with Crippen molar-refractivity contribution in [3.63, 3.8) is 0 Å². The predicted molar refractivity (Wildman–Crippen MR) is 138 cm³/mol. The number of aromatic nitrogens is 5. The molecule has 1 fully saturated rings. The zero-order chi connectivity index (χ0) is 26.9. The van der Waals surface area contributed by atoms with E-state index < -0.39 is 11.6 Å². The Labute approximate surface area is 214 Å². The van der Waals surface area contributed by atoms with Crippen molar-refractivity contribution in [3.05, 3.63) is 75.5 Å². The van der Waals surface area contributed by atoms with Crippen LogP contribution in [-0.4, -0.2) is 43.7 Å². The van der Waals surface area contributed by atoms with Crippen molar-refractivity contribution in [1.82, 2.24) is 24.5 Å². The number of morpholine rings is 1. The first-order valence-corrected chi connectivity index (χ1v) is 12.2. The second-order valence-electron chi connectivity index (χ2n) is 8.81. The van der Waals surface area contributed by atoms with Crippen LogP contribution in [0.3, 0.4) is 0 Å². The molecule has 8 nitrogen and oxygen atoms in total. The Morgan fingerprint density at radius 2 is 1.70 bits per heavy atom. The number of halogens is 2. The molecule has 1 saturated heterocycles. The van der Waals surface area contributed by atoms with Gasteiger partial charge in [-0.1, -0.05) is 13.8 Å². The molecule has 1 aliphatic heterocycles. The number of nitrogens with zero attached hydrogens (tertiary/aromatic N) is 6. The first kappa shape index (κ1) is 26.3. The first-order chi connectivity index (χ1) is 17.7. The van der Waals surface area contributed by atoms with Crippen molar-refractivity contribution in [3.8, 4) is 11.3 Å². The van der Waals surface area contributed by atoms with Gasteiger partial charge < -0.3 is 14.2 Å². The molecule has 194 valence electrons. The molecular formula is C27H30F2N6O2. The minimum Gasteiger partial charge on any atom is -0.367 e. The molecule has 1 aliphatic rings. The number of benzene rings is 1. The van der Waals surface area contributed by atoms with Crippen molar-refractivity contribution >= 4 is 17.1 Å². The summed E-state index contributed by atoms with van der Waals surface area (Å²) in [5.41, 5.74) is 3.15. The molecule has 0 saturated carbocycles. The maximum absolute atomic E-state index is 14.8. The highest BCUT2D eigenvalue weighted by molar-refractivity contribution is 5.88. The zero-order valence-corrected chi connectivity index (χ0v) is 21.8. The third-order valence-corrected chi connectivity index (χ3v) is 6.14. The summed E-state index contributed by atoms with van der Waals surface area (Å²) in [7, 11) is 1.69. The highest BCUT2D eigenvalue weighted by Crippen LogP contribution is 2.32. The second-order valence-corrected chi connectivity index (χ2v) is 8.81. The number of anilines is 1. The molecule has 3 aromatic heterocycles. The van der Waals surface area contributed by atoms with Gasteiger partial charge in [0.05, 0.1) is 24.0 Å². The molecule has 2 atom stereocenters. The van der Waals surface area contributed by atoms with Crippen LogP contribution in [0.5, 0.6) is 0 Å². The fourth-order valence-electron chi connectivity index (χ4n) is 4.22. The van der Waals surface area contributed by atoms with E-state index in [0.717, 1.165) is 11.6 Å². The van der Waals surface area contributed by atoms with Gasteiger partial charge in [-0.2, -0.15) is 4.98 Å². The van der Waals surface area contributed by atoms with Crippen LogP contribution in [0.4, 0.5) is 14.7 Å². The third kappa shape index (κ3) is 5.34. The van der Waals surface area contributed by atoms with Crippen LogP contribution in [0.25, 0.3) is 22.4 Å². The second kappa shape index (κ2) is 10.7. The van der Waals surface area contributed by atoms with Crippen LogP contribution in [-0.2, 0) is 11.8 Å². The normalized spacial score (nSPS) is 17.5. The van der Waals surface area contributed by atoms with Crippen LogP contribution in [0, 0.1) is 25.5 Å². The van der Waals surface area contributed by atoms with E-state index in [1.165, 1.54) is 22.8 Å². The van der Waals surface area contributed by atoms with E-state index in [4.69, 9.17) is 4.74 Å². The van der Waals surface area contributed by atoms with Crippen LogP contribution in [0.2, 0.25) is 0 Å². The predicted octanol–water partition coefficient (Wildman–Crippen LogP) is 4.67. The maximum atomic E-state index is 14.8. The molecule has 0 aliphatic carbocycles. The molecule has 0 amide bonds. The van der Waals surface area contributed by atoms with E-state index in [9.17, 15) is 13.6 Å². The number of hydrogen-bond acceptors (Lipinski definition) is 7. The molecule has 4 aromatic rings. The smallest absolute Gasteiger partial charge is 0.250 e. The Bertz CT molecular complexity index is 1510. The van der Waals surface area contributed by atoms with Gasteiger partial charge in [0.2, 0.25) is 11.5 Å². The van der Waals surface area contributed by atoms with Gasteiger partial charge in [-0.25, -0.2) is 23.7 Å². The molecule has 5 rings (SSSR count). The summed E-state index contributed by atoms with van der Waals surface area (Å²) in [5, 5.41) is 0. The van der Waals surface area contributed by atoms with E-state index in [2.05, 4.69) is 19.9 Å². The van der Waals surface area contributed by atoms with Crippen LogP contribution >= 0.6 is 0 Å². The molecule has 1 aromatic carbocycles. The summed E-state index contributed by atoms with van der Waals surface area (Å²) in [5.74, 6) is -1.07. The first-order valence-electron chi connectivity index (χ1n) is 12.2. The Hall–Kier alpha value is -3.79. The molecule has 0 spiro atoms. The van der Waals surface area contributed by atoms with E-state index in [1.807, 2.05) is 39.5 Å². The lowest BCUT2D eigenvalue weighted by atomic mass is 10.1. The Kier molecular flexibility index (Phi) is 7.58. The summed E-state index contributed by atoms with van der Waals surface area (Å²) >= 11 is 0. The van der Waals surface area contributed by atoms with E-state index >= 15 is 0 Å². The third-order valence-electron chi connectivity index (χ3n) is 6.14. The highest BCUT2D eigenvalue weighted by atomic mass is 19.1. The molecule has 2 unspecified atom stereocenters. The summed E-state index contributed by atoms with van der Waals surface area (Å²) < 4.78 is 36.1. The quantitative estimate of drug-likeness (QED) is 0.397. The largest absolute Gasteiger partial charge is 0.367 e. The number of rotatable bonds is 3. The van der Waals surface area contributed by atoms with Gasteiger partial charge in [0, 0.05) is 37.5 Å². The number of ether oxygens (including phenoxy) is 1. The average molecular weight is 509 g/mol. The van der Waals surface area contributed by atoms with Crippen LogP contribution < -0.4 is 10.5 Å². The summed E-state index contributed by atoms with van der Waals surface area (Å²) in [6, 6.07) is 6.62.